The molecule has 1 rings (SSSR count). The van der Waals surface area contributed by atoms with Crippen molar-refractivity contribution in [2.75, 3.05) is 5.73 Å². The van der Waals surface area contributed by atoms with Crippen LogP contribution in [0.15, 0.2) is 18.2 Å². The number of carboxylic acids is 1. The number of hydrogen-bond acceptors (Lipinski definition) is 2. The van der Waals surface area contributed by atoms with E-state index in [9.17, 15) is 13.6 Å². The molecule has 0 aliphatic carbocycles. The zero-order valence-corrected chi connectivity index (χ0v) is 7.00. The Morgan fingerprint density at radius 3 is 2.64 bits per heavy atom. The second kappa shape index (κ2) is 3.87. The Bertz CT molecular complexity index is 402. The lowest BCUT2D eigenvalue weighted by Crippen LogP contribution is -1.97. The van der Waals surface area contributed by atoms with Gasteiger partial charge < -0.3 is 10.8 Å². The topological polar surface area (TPSA) is 63.3 Å². The van der Waals surface area contributed by atoms with Crippen LogP contribution in [0.1, 0.15) is 5.56 Å². The highest BCUT2D eigenvalue weighted by atomic mass is 19.2. The van der Waals surface area contributed by atoms with Crippen molar-refractivity contribution < 1.29 is 18.7 Å². The van der Waals surface area contributed by atoms with E-state index in [0.717, 1.165) is 12.1 Å². The van der Waals surface area contributed by atoms with Gasteiger partial charge in [0.2, 0.25) is 0 Å². The second-order valence-electron chi connectivity index (χ2n) is 2.54. The number of nitrogens with two attached hydrogens (primary N) is 1. The largest absolute Gasteiger partial charge is 0.478 e. The molecule has 0 fully saturated rings. The Balaban J connectivity index is 3.19. The Morgan fingerprint density at radius 2 is 2.07 bits per heavy atom. The summed E-state index contributed by atoms with van der Waals surface area (Å²) in [5.74, 6) is -3.47. The van der Waals surface area contributed by atoms with E-state index < -0.39 is 17.6 Å². The fourth-order valence-electron chi connectivity index (χ4n) is 0.905. The Morgan fingerprint density at radius 1 is 1.43 bits per heavy atom. The maximum absolute atomic E-state index is 13.0. The maximum Gasteiger partial charge on any atom is 0.328 e. The zero-order chi connectivity index (χ0) is 10.7. The summed E-state index contributed by atoms with van der Waals surface area (Å²) in [5, 5.41) is 8.28. The van der Waals surface area contributed by atoms with Gasteiger partial charge in [-0.1, -0.05) is 0 Å². The highest BCUT2D eigenvalue weighted by molar-refractivity contribution is 5.86. The molecule has 3 N–H and O–H groups in total. The number of hydrogen-bond donors (Lipinski definition) is 2. The molecule has 1 aromatic rings. The third-order valence-electron chi connectivity index (χ3n) is 1.56. The van der Waals surface area contributed by atoms with E-state index >= 15 is 0 Å². The highest BCUT2D eigenvalue weighted by Crippen LogP contribution is 2.20. The number of aliphatic carboxylic acids is 1. The molecular formula is C9H7F2NO2. The number of rotatable bonds is 2. The van der Waals surface area contributed by atoms with E-state index in [1.165, 1.54) is 6.07 Å². The SMILES string of the molecule is Nc1ccc(F)c(F)c1/C=C/C(=O)O. The summed E-state index contributed by atoms with van der Waals surface area (Å²) in [7, 11) is 0. The summed E-state index contributed by atoms with van der Waals surface area (Å²) < 4.78 is 25.7. The molecule has 3 nitrogen and oxygen atoms in total. The first-order valence-electron chi connectivity index (χ1n) is 3.67. The first-order chi connectivity index (χ1) is 6.52. The summed E-state index contributed by atoms with van der Waals surface area (Å²) in [6, 6.07) is 2.04. The van der Waals surface area contributed by atoms with Crippen LogP contribution in [0.25, 0.3) is 6.08 Å². The van der Waals surface area contributed by atoms with Crippen molar-refractivity contribution in [1.29, 1.82) is 0 Å². The van der Waals surface area contributed by atoms with Crippen molar-refractivity contribution in [3.05, 3.63) is 35.4 Å². The molecule has 0 aromatic heterocycles. The van der Waals surface area contributed by atoms with Crippen LogP contribution in [0, 0.1) is 11.6 Å². The number of benzene rings is 1. The van der Waals surface area contributed by atoms with Crippen molar-refractivity contribution in [2.45, 2.75) is 0 Å². The zero-order valence-electron chi connectivity index (χ0n) is 7.00. The molecule has 0 bridgehead atoms. The van der Waals surface area contributed by atoms with E-state index in [0.29, 0.717) is 6.08 Å². The van der Waals surface area contributed by atoms with Gasteiger partial charge in [-0.05, 0) is 18.2 Å². The van der Waals surface area contributed by atoms with Gasteiger partial charge in [0.25, 0.3) is 0 Å². The van der Waals surface area contributed by atoms with Crippen molar-refractivity contribution in [3.8, 4) is 0 Å². The van der Waals surface area contributed by atoms with Crippen molar-refractivity contribution in [1.82, 2.24) is 0 Å². The fraction of sp³-hybridized carbons (Fsp3) is 0. The summed E-state index contributed by atoms with van der Waals surface area (Å²) in [6.07, 6.45) is 1.60. The predicted molar refractivity (Wildman–Crippen MR) is 47.4 cm³/mol. The van der Waals surface area contributed by atoms with Gasteiger partial charge >= 0.3 is 5.97 Å². The van der Waals surface area contributed by atoms with Gasteiger partial charge in [0.05, 0.1) is 0 Å². The minimum atomic E-state index is -1.26. The fourth-order valence-corrected chi connectivity index (χ4v) is 0.905. The van der Waals surface area contributed by atoms with Gasteiger partial charge in [0, 0.05) is 17.3 Å². The van der Waals surface area contributed by atoms with Crippen molar-refractivity contribution >= 4 is 17.7 Å². The normalized spacial score (nSPS) is 10.7. The number of nitrogen functional groups attached to an aromatic ring is 1. The standard InChI is InChI=1S/C9H7F2NO2/c10-6-2-3-7(12)5(9(6)11)1-4-8(13)14/h1-4H,12H2,(H,13,14)/b4-1+. The lowest BCUT2D eigenvalue weighted by molar-refractivity contribution is -0.131. The quantitative estimate of drug-likeness (QED) is 0.562. The van der Waals surface area contributed by atoms with Crippen LogP contribution < -0.4 is 5.73 Å². The van der Waals surface area contributed by atoms with E-state index in [1.807, 2.05) is 0 Å². The van der Waals surface area contributed by atoms with Crippen LogP contribution in [0.5, 0.6) is 0 Å². The molecule has 0 saturated carbocycles. The molecule has 0 aliphatic rings. The Labute approximate surface area is 78.5 Å². The Hall–Kier alpha value is -1.91. The third-order valence-corrected chi connectivity index (χ3v) is 1.56. The van der Waals surface area contributed by atoms with Gasteiger partial charge in [0.1, 0.15) is 0 Å². The van der Waals surface area contributed by atoms with Crippen LogP contribution >= 0.6 is 0 Å². The number of carboxylic acid groups (broad SMARTS) is 1. The van der Waals surface area contributed by atoms with Gasteiger partial charge in [-0.15, -0.1) is 0 Å². The molecule has 5 heteroatoms. The molecule has 0 radical (unpaired) electrons. The molecule has 14 heavy (non-hydrogen) atoms. The first kappa shape index (κ1) is 10.2. The van der Waals surface area contributed by atoms with Crippen LogP contribution in [0.2, 0.25) is 0 Å². The summed E-state index contributed by atoms with van der Waals surface area (Å²) >= 11 is 0. The van der Waals surface area contributed by atoms with E-state index in [1.54, 1.807) is 0 Å². The van der Waals surface area contributed by atoms with Crippen LogP contribution in [-0.2, 0) is 4.79 Å². The molecule has 0 heterocycles. The molecular weight excluding hydrogens is 192 g/mol. The summed E-state index contributed by atoms with van der Waals surface area (Å²) in [6.45, 7) is 0. The third kappa shape index (κ3) is 2.07. The Kier molecular flexibility index (Phi) is 2.81. The van der Waals surface area contributed by atoms with Gasteiger partial charge in [-0.25, -0.2) is 13.6 Å². The molecule has 74 valence electrons. The minimum absolute atomic E-state index is 0.0126. The van der Waals surface area contributed by atoms with Crippen LogP contribution in [-0.4, -0.2) is 11.1 Å². The molecule has 0 unspecified atom stereocenters. The average molecular weight is 199 g/mol. The van der Waals surface area contributed by atoms with Gasteiger partial charge in [-0.2, -0.15) is 0 Å². The lowest BCUT2D eigenvalue weighted by atomic mass is 10.1. The first-order valence-corrected chi connectivity index (χ1v) is 3.67. The van der Waals surface area contributed by atoms with Crippen molar-refractivity contribution in [2.24, 2.45) is 0 Å². The van der Waals surface area contributed by atoms with E-state index in [4.69, 9.17) is 10.8 Å². The molecule has 0 aliphatic heterocycles. The monoisotopic (exact) mass is 199 g/mol. The smallest absolute Gasteiger partial charge is 0.328 e. The summed E-state index contributed by atoms with van der Waals surface area (Å²) in [5.41, 5.74) is 5.06. The molecule has 0 saturated heterocycles. The number of carbonyl (C=O) groups is 1. The molecule has 0 spiro atoms. The van der Waals surface area contributed by atoms with Crippen molar-refractivity contribution in [3.63, 3.8) is 0 Å². The minimum Gasteiger partial charge on any atom is -0.478 e. The number of halogens is 2. The van der Waals surface area contributed by atoms with E-state index in [-0.39, 0.29) is 11.3 Å². The maximum atomic E-state index is 13.0. The molecule has 1 aromatic carbocycles. The van der Waals surface area contributed by atoms with Crippen LogP contribution in [0.3, 0.4) is 0 Å². The highest BCUT2D eigenvalue weighted by Gasteiger charge is 2.08. The average Bonchev–Trinajstić information content (AvgIpc) is 2.11. The molecule has 0 atom stereocenters. The second-order valence-corrected chi connectivity index (χ2v) is 2.54. The van der Waals surface area contributed by atoms with Gasteiger partial charge in [0.15, 0.2) is 11.6 Å². The lowest BCUT2D eigenvalue weighted by Gasteiger charge is -2.01. The number of anilines is 1. The van der Waals surface area contributed by atoms with Gasteiger partial charge in [-0.3, -0.25) is 0 Å². The van der Waals surface area contributed by atoms with Crippen LogP contribution in [0.4, 0.5) is 14.5 Å². The summed E-state index contributed by atoms with van der Waals surface area (Å²) in [4.78, 5) is 10.1. The molecule has 0 amide bonds. The predicted octanol–water partition coefficient (Wildman–Crippen LogP) is 1.64. The van der Waals surface area contributed by atoms with E-state index in [2.05, 4.69) is 0 Å².